The van der Waals surface area contributed by atoms with Crippen LogP contribution in [0, 0.1) is 0 Å². The van der Waals surface area contributed by atoms with Gasteiger partial charge in [-0.3, -0.25) is 14.5 Å². The van der Waals surface area contributed by atoms with Crippen LogP contribution < -0.4 is 5.32 Å². The number of carbonyl (C=O) groups excluding carboxylic acids is 2. The van der Waals surface area contributed by atoms with Crippen molar-refractivity contribution in [2.24, 2.45) is 0 Å². The Hall–Kier alpha value is -2.69. The minimum Gasteiger partial charge on any atom is -0.507 e. The maximum atomic E-state index is 12.5. The lowest BCUT2D eigenvalue weighted by molar-refractivity contribution is -0.122. The Morgan fingerprint density at radius 2 is 2.07 bits per heavy atom. The molecule has 1 aliphatic rings. The molecule has 2 heterocycles. The summed E-state index contributed by atoms with van der Waals surface area (Å²) < 4.78 is 0.387. The molecule has 2 amide bonds. The van der Waals surface area contributed by atoms with Crippen molar-refractivity contribution in [2.45, 2.75) is 6.42 Å². The number of nitrogens with one attached hydrogen (secondary N) is 1. The smallest absolute Gasteiger partial charge is 0.339 e. The molecule has 0 bridgehead atoms. The van der Waals surface area contributed by atoms with Gasteiger partial charge in [0.1, 0.15) is 15.6 Å². The van der Waals surface area contributed by atoms with Crippen LogP contribution in [0.25, 0.3) is 6.08 Å². The van der Waals surface area contributed by atoms with Gasteiger partial charge < -0.3 is 15.5 Å². The van der Waals surface area contributed by atoms with Crippen LogP contribution in [-0.2, 0) is 9.59 Å². The van der Waals surface area contributed by atoms with Gasteiger partial charge in [-0.05, 0) is 35.7 Å². The molecule has 3 N–H and O–H groups in total. The highest BCUT2D eigenvalue weighted by molar-refractivity contribution is 8.26. The lowest BCUT2D eigenvalue weighted by atomic mass is 10.1. The number of carboxylic acids is 1. The predicted molar refractivity (Wildman–Crippen MR) is 113 cm³/mol. The van der Waals surface area contributed by atoms with Gasteiger partial charge in [-0.15, -0.1) is 11.3 Å². The molecular formula is C18H14N2O5S3. The van der Waals surface area contributed by atoms with Crippen molar-refractivity contribution in [1.82, 2.24) is 4.90 Å². The molecule has 0 spiro atoms. The van der Waals surface area contributed by atoms with Crippen LogP contribution in [0.4, 0.5) is 5.69 Å². The number of carboxylic acid groups (broad SMARTS) is 1. The summed E-state index contributed by atoms with van der Waals surface area (Å²) in [5.74, 6) is -2.34. The molecule has 1 saturated heterocycles. The SMILES string of the molecule is O=C(CCN1C(=O)/C(=C/c2cccs2)SC1=S)Nc1ccc(O)c(C(=O)O)c1. The lowest BCUT2D eigenvalue weighted by Crippen LogP contribution is -2.31. The van der Waals surface area contributed by atoms with Crippen molar-refractivity contribution in [3.8, 4) is 5.75 Å². The Morgan fingerprint density at radius 3 is 2.75 bits per heavy atom. The van der Waals surface area contributed by atoms with Crippen molar-refractivity contribution in [1.29, 1.82) is 0 Å². The Bertz CT molecular complexity index is 985. The van der Waals surface area contributed by atoms with Gasteiger partial charge in [0.2, 0.25) is 5.91 Å². The molecule has 0 aliphatic carbocycles. The highest BCUT2D eigenvalue weighted by Crippen LogP contribution is 2.33. The van der Waals surface area contributed by atoms with Crippen LogP contribution in [0.5, 0.6) is 5.75 Å². The summed E-state index contributed by atoms with van der Waals surface area (Å²) in [4.78, 5) is 38.5. The molecule has 2 aromatic rings. The Balaban J connectivity index is 1.60. The summed E-state index contributed by atoms with van der Waals surface area (Å²) in [6.45, 7) is 0.113. The average Bonchev–Trinajstić information content (AvgIpc) is 3.24. The van der Waals surface area contributed by atoms with E-state index < -0.39 is 11.9 Å². The van der Waals surface area contributed by atoms with E-state index >= 15 is 0 Å². The molecule has 28 heavy (non-hydrogen) atoms. The zero-order valence-electron chi connectivity index (χ0n) is 14.2. The molecule has 0 unspecified atom stereocenters. The van der Waals surface area contributed by atoms with Gasteiger partial charge in [-0.25, -0.2) is 4.79 Å². The number of rotatable bonds is 6. The highest BCUT2D eigenvalue weighted by atomic mass is 32.2. The van der Waals surface area contributed by atoms with Gasteiger partial charge in [-0.2, -0.15) is 0 Å². The van der Waals surface area contributed by atoms with E-state index in [1.165, 1.54) is 46.2 Å². The second-order valence-electron chi connectivity index (χ2n) is 5.68. The molecule has 7 nitrogen and oxygen atoms in total. The van der Waals surface area contributed by atoms with E-state index in [0.29, 0.717) is 9.23 Å². The number of thioether (sulfide) groups is 1. The van der Waals surface area contributed by atoms with Crippen LogP contribution in [0.1, 0.15) is 21.7 Å². The number of amides is 2. The fraction of sp³-hybridized carbons (Fsp3) is 0.111. The second-order valence-corrected chi connectivity index (χ2v) is 8.34. The minimum absolute atomic E-state index is 0.0119. The normalized spacial score (nSPS) is 15.3. The summed E-state index contributed by atoms with van der Waals surface area (Å²) in [7, 11) is 0. The monoisotopic (exact) mass is 434 g/mol. The minimum atomic E-state index is -1.30. The molecule has 1 fully saturated rings. The molecule has 3 rings (SSSR count). The van der Waals surface area contributed by atoms with Gasteiger partial charge in [0.15, 0.2) is 0 Å². The Morgan fingerprint density at radius 1 is 1.29 bits per heavy atom. The topological polar surface area (TPSA) is 107 Å². The number of aromatic carboxylic acids is 1. The van der Waals surface area contributed by atoms with Crippen molar-refractivity contribution >= 4 is 69.2 Å². The van der Waals surface area contributed by atoms with Gasteiger partial charge in [0.05, 0.1) is 4.91 Å². The number of thiocarbonyl (C=S) groups is 1. The van der Waals surface area contributed by atoms with Gasteiger partial charge in [-0.1, -0.05) is 30.0 Å². The van der Waals surface area contributed by atoms with E-state index in [1.807, 2.05) is 17.5 Å². The first-order valence-corrected chi connectivity index (χ1v) is 10.1. The first kappa shape index (κ1) is 20.1. The molecule has 1 aliphatic heterocycles. The fourth-order valence-corrected chi connectivity index (χ4v) is 4.45. The van der Waals surface area contributed by atoms with Gasteiger partial charge in [0, 0.05) is 23.5 Å². The number of anilines is 1. The van der Waals surface area contributed by atoms with Crippen LogP contribution in [0.15, 0.2) is 40.6 Å². The zero-order chi connectivity index (χ0) is 20.3. The molecule has 144 valence electrons. The zero-order valence-corrected chi connectivity index (χ0v) is 16.7. The van der Waals surface area contributed by atoms with Crippen LogP contribution in [0.2, 0.25) is 0 Å². The van der Waals surface area contributed by atoms with Gasteiger partial charge in [0.25, 0.3) is 5.91 Å². The van der Waals surface area contributed by atoms with Gasteiger partial charge >= 0.3 is 5.97 Å². The number of carbonyl (C=O) groups is 3. The number of aromatic hydroxyl groups is 1. The van der Waals surface area contributed by atoms with E-state index in [2.05, 4.69) is 5.32 Å². The maximum absolute atomic E-state index is 12.5. The molecular weight excluding hydrogens is 420 g/mol. The van der Waals surface area contributed by atoms with Crippen molar-refractivity contribution in [3.05, 3.63) is 51.1 Å². The number of thiophene rings is 1. The predicted octanol–water partition coefficient (Wildman–Crippen LogP) is 3.38. The number of phenols is 1. The summed E-state index contributed by atoms with van der Waals surface area (Å²) >= 11 is 7.94. The lowest BCUT2D eigenvalue weighted by Gasteiger charge is -2.14. The standard InChI is InChI=1S/C18H14N2O5S3/c21-13-4-3-10(8-12(13)17(24)25)19-15(22)5-6-20-16(23)14(28-18(20)26)9-11-2-1-7-27-11/h1-4,7-9,21H,5-6H2,(H,19,22)(H,24,25)/b14-9-. The first-order chi connectivity index (χ1) is 13.3. The third-order valence-electron chi connectivity index (χ3n) is 3.76. The largest absolute Gasteiger partial charge is 0.507 e. The third-order valence-corrected chi connectivity index (χ3v) is 5.96. The van der Waals surface area contributed by atoms with E-state index in [-0.39, 0.29) is 35.9 Å². The van der Waals surface area contributed by atoms with E-state index in [1.54, 1.807) is 6.08 Å². The van der Waals surface area contributed by atoms with Crippen LogP contribution in [0.3, 0.4) is 0 Å². The summed E-state index contributed by atoms with van der Waals surface area (Å²) in [5.41, 5.74) is -0.0726. The summed E-state index contributed by atoms with van der Waals surface area (Å²) in [6, 6.07) is 7.53. The number of hydrogen-bond acceptors (Lipinski definition) is 7. The molecule has 0 saturated carbocycles. The van der Waals surface area contributed by atoms with E-state index in [0.717, 1.165) is 4.88 Å². The Labute approximate surface area is 173 Å². The molecule has 0 atom stereocenters. The Kier molecular flexibility index (Phi) is 6.12. The number of benzene rings is 1. The third kappa shape index (κ3) is 4.58. The highest BCUT2D eigenvalue weighted by Gasteiger charge is 2.32. The maximum Gasteiger partial charge on any atom is 0.339 e. The van der Waals surface area contributed by atoms with Crippen LogP contribution in [-0.4, -0.2) is 43.8 Å². The molecule has 1 aromatic carbocycles. The summed E-state index contributed by atoms with van der Waals surface area (Å²) in [6.07, 6.45) is 1.76. The quantitative estimate of drug-likeness (QED) is 0.363. The molecule has 10 heteroatoms. The molecule has 0 radical (unpaired) electrons. The van der Waals surface area contributed by atoms with Crippen molar-refractivity contribution in [3.63, 3.8) is 0 Å². The molecule has 1 aromatic heterocycles. The first-order valence-electron chi connectivity index (χ1n) is 8.00. The van der Waals surface area contributed by atoms with Crippen molar-refractivity contribution < 1.29 is 24.6 Å². The fourth-order valence-electron chi connectivity index (χ4n) is 2.42. The second kappa shape index (κ2) is 8.55. The average molecular weight is 435 g/mol. The van der Waals surface area contributed by atoms with Crippen molar-refractivity contribution in [2.75, 3.05) is 11.9 Å². The summed E-state index contributed by atoms with van der Waals surface area (Å²) in [5, 5.41) is 23.0. The number of hydrogen-bond donors (Lipinski definition) is 3. The van der Waals surface area contributed by atoms with E-state index in [4.69, 9.17) is 17.3 Å². The number of nitrogens with zero attached hydrogens (tertiary/aromatic N) is 1. The van der Waals surface area contributed by atoms with Crippen LogP contribution >= 0.6 is 35.3 Å². The van der Waals surface area contributed by atoms with E-state index in [9.17, 15) is 19.5 Å².